The van der Waals surface area contributed by atoms with Gasteiger partial charge in [-0.15, -0.1) is 0 Å². The van der Waals surface area contributed by atoms with Crippen LogP contribution >= 0.6 is 0 Å². The second-order valence-corrected chi connectivity index (χ2v) is 3.95. The molecule has 0 bridgehead atoms. The zero-order valence-corrected chi connectivity index (χ0v) is 9.18. The first-order valence-corrected chi connectivity index (χ1v) is 4.47. The summed E-state index contributed by atoms with van der Waals surface area (Å²) in [6.45, 7) is 8.64. The molecule has 0 unspecified atom stereocenters. The number of rotatable bonds is 3. The number of allylic oxidation sites excluding steroid dienone is 3. The Morgan fingerprint density at radius 1 is 1.17 bits per heavy atom. The minimum atomic E-state index is 0.609. The highest BCUT2D eigenvalue weighted by Gasteiger charge is 1.96. The third kappa shape index (κ3) is 5.00. The molecular formula is C11H21N. The molecule has 1 nitrogen and oxygen atoms in total. The summed E-state index contributed by atoms with van der Waals surface area (Å²) in [5.41, 5.74) is 2.64. The first-order valence-electron chi connectivity index (χ1n) is 4.47. The molecular weight excluding hydrogens is 146 g/mol. The van der Waals surface area contributed by atoms with E-state index in [1.54, 1.807) is 0 Å². The van der Waals surface area contributed by atoms with Gasteiger partial charge in [0.25, 0.3) is 0 Å². The molecule has 0 spiro atoms. The molecule has 0 amide bonds. The first kappa shape index (κ1) is 11.3. The third-order valence-electron chi connectivity index (χ3n) is 1.46. The van der Waals surface area contributed by atoms with Gasteiger partial charge in [0, 0.05) is 19.8 Å². The molecule has 0 saturated heterocycles. The van der Waals surface area contributed by atoms with Gasteiger partial charge in [0.2, 0.25) is 0 Å². The van der Waals surface area contributed by atoms with Gasteiger partial charge in [-0.25, -0.2) is 0 Å². The van der Waals surface area contributed by atoms with Gasteiger partial charge >= 0.3 is 0 Å². The Morgan fingerprint density at radius 2 is 1.67 bits per heavy atom. The zero-order chi connectivity index (χ0) is 9.72. The Labute approximate surface area is 76.8 Å². The molecule has 0 saturated carbocycles. The molecule has 0 aliphatic rings. The summed E-state index contributed by atoms with van der Waals surface area (Å²) in [7, 11) is 4.15. The fraction of sp³-hybridized carbons (Fsp3) is 0.636. The molecule has 70 valence electrons. The van der Waals surface area contributed by atoms with E-state index in [0.29, 0.717) is 5.92 Å². The van der Waals surface area contributed by atoms with Crippen LogP contribution in [-0.4, -0.2) is 19.0 Å². The molecule has 0 aromatic carbocycles. The minimum Gasteiger partial charge on any atom is -0.378 e. The van der Waals surface area contributed by atoms with Crippen LogP contribution in [0, 0.1) is 5.92 Å². The maximum absolute atomic E-state index is 2.27. The van der Waals surface area contributed by atoms with E-state index in [2.05, 4.69) is 58.8 Å². The fourth-order valence-corrected chi connectivity index (χ4v) is 0.964. The Hall–Kier alpha value is -0.720. The van der Waals surface area contributed by atoms with E-state index in [0.717, 1.165) is 0 Å². The quantitative estimate of drug-likeness (QED) is 0.584. The Kier molecular flexibility index (Phi) is 4.72. The van der Waals surface area contributed by atoms with E-state index in [1.165, 1.54) is 11.3 Å². The van der Waals surface area contributed by atoms with Crippen molar-refractivity contribution < 1.29 is 0 Å². The summed E-state index contributed by atoms with van der Waals surface area (Å²) in [6, 6.07) is 0. The van der Waals surface area contributed by atoms with Crippen LogP contribution in [0.3, 0.4) is 0 Å². The van der Waals surface area contributed by atoms with Crippen LogP contribution in [-0.2, 0) is 0 Å². The lowest BCUT2D eigenvalue weighted by atomic mass is 10.1. The van der Waals surface area contributed by atoms with Crippen molar-refractivity contribution in [3.8, 4) is 0 Å². The zero-order valence-electron chi connectivity index (χ0n) is 9.18. The lowest BCUT2D eigenvalue weighted by Crippen LogP contribution is -2.10. The summed E-state index contributed by atoms with van der Waals surface area (Å²) in [5, 5.41) is 0. The molecule has 0 rings (SSSR count). The number of hydrogen-bond acceptors (Lipinski definition) is 1. The highest BCUT2D eigenvalue weighted by Crippen LogP contribution is 2.08. The predicted octanol–water partition coefficient (Wildman–Crippen LogP) is 3.05. The van der Waals surface area contributed by atoms with Crippen molar-refractivity contribution in [2.45, 2.75) is 27.7 Å². The van der Waals surface area contributed by atoms with Gasteiger partial charge in [0.1, 0.15) is 0 Å². The minimum absolute atomic E-state index is 0.609. The lowest BCUT2D eigenvalue weighted by Gasteiger charge is -2.15. The summed E-state index contributed by atoms with van der Waals surface area (Å²) in [4.78, 5) is 2.15. The summed E-state index contributed by atoms with van der Waals surface area (Å²) in [5.74, 6) is 0.609. The average molecular weight is 167 g/mol. The molecule has 0 aliphatic heterocycles. The van der Waals surface area contributed by atoms with Crippen LogP contribution in [0.4, 0.5) is 0 Å². The maximum atomic E-state index is 2.27. The topological polar surface area (TPSA) is 3.24 Å². The average Bonchev–Trinajstić information content (AvgIpc) is 1.83. The molecule has 1 heteroatoms. The highest BCUT2D eigenvalue weighted by atomic mass is 15.1. The van der Waals surface area contributed by atoms with Crippen molar-refractivity contribution in [2.24, 2.45) is 5.92 Å². The summed E-state index contributed by atoms with van der Waals surface area (Å²) < 4.78 is 0. The number of likely N-dealkylation sites (N-methyl/N-ethyl adjacent to an activating group) is 1. The van der Waals surface area contributed by atoms with Crippen molar-refractivity contribution >= 4 is 0 Å². The molecule has 12 heavy (non-hydrogen) atoms. The largest absolute Gasteiger partial charge is 0.378 e. The summed E-state index contributed by atoms with van der Waals surface area (Å²) >= 11 is 0. The van der Waals surface area contributed by atoms with Crippen LogP contribution < -0.4 is 0 Å². The van der Waals surface area contributed by atoms with Crippen molar-refractivity contribution in [3.63, 3.8) is 0 Å². The van der Waals surface area contributed by atoms with Gasteiger partial charge in [-0.2, -0.15) is 0 Å². The van der Waals surface area contributed by atoms with E-state index in [9.17, 15) is 0 Å². The van der Waals surface area contributed by atoms with Crippen molar-refractivity contribution in [2.75, 3.05) is 14.1 Å². The normalized spacial score (nSPS) is 11.8. The molecule has 0 N–H and O–H groups in total. The van der Waals surface area contributed by atoms with Crippen molar-refractivity contribution in [3.05, 3.63) is 23.4 Å². The van der Waals surface area contributed by atoms with Crippen LogP contribution in [0.25, 0.3) is 0 Å². The number of hydrogen-bond donors (Lipinski definition) is 0. The third-order valence-corrected chi connectivity index (χ3v) is 1.46. The molecule has 0 aromatic rings. The van der Waals surface area contributed by atoms with Crippen LogP contribution in [0.15, 0.2) is 23.4 Å². The fourth-order valence-electron chi connectivity index (χ4n) is 0.964. The molecule has 0 heterocycles. The highest BCUT2D eigenvalue weighted by molar-refractivity contribution is 5.20. The smallest absolute Gasteiger partial charge is 0.0322 e. The molecule has 0 fully saturated rings. The van der Waals surface area contributed by atoms with Crippen LogP contribution in [0.2, 0.25) is 0 Å². The monoisotopic (exact) mass is 167 g/mol. The Balaban J connectivity index is 4.56. The van der Waals surface area contributed by atoms with Gasteiger partial charge in [0.05, 0.1) is 0 Å². The van der Waals surface area contributed by atoms with Crippen molar-refractivity contribution in [1.29, 1.82) is 0 Å². The van der Waals surface area contributed by atoms with Gasteiger partial charge in [-0.05, 0) is 25.8 Å². The standard InChI is InChI=1S/C11H21N/c1-9(2)7-11(12(5)6)8-10(3)4/h7-9H,1-6H3. The van der Waals surface area contributed by atoms with E-state index in [1.807, 2.05) is 0 Å². The van der Waals surface area contributed by atoms with Gasteiger partial charge in [-0.3, -0.25) is 0 Å². The SMILES string of the molecule is CC(C)=CC(=CC(C)C)N(C)C. The number of nitrogens with zero attached hydrogens (tertiary/aromatic N) is 1. The van der Waals surface area contributed by atoms with E-state index in [4.69, 9.17) is 0 Å². The first-order chi connectivity index (χ1) is 5.43. The molecule has 0 aliphatic carbocycles. The maximum Gasteiger partial charge on any atom is 0.0322 e. The van der Waals surface area contributed by atoms with Crippen LogP contribution in [0.5, 0.6) is 0 Å². The summed E-state index contributed by atoms with van der Waals surface area (Å²) in [6.07, 6.45) is 4.48. The van der Waals surface area contributed by atoms with Crippen molar-refractivity contribution in [1.82, 2.24) is 4.90 Å². The van der Waals surface area contributed by atoms with E-state index < -0.39 is 0 Å². The second-order valence-electron chi connectivity index (χ2n) is 3.95. The lowest BCUT2D eigenvalue weighted by molar-refractivity contribution is 0.521. The second kappa shape index (κ2) is 5.02. The van der Waals surface area contributed by atoms with E-state index in [-0.39, 0.29) is 0 Å². The van der Waals surface area contributed by atoms with Crippen LogP contribution in [0.1, 0.15) is 27.7 Å². The molecule has 0 aromatic heterocycles. The van der Waals surface area contributed by atoms with E-state index >= 15 is 0 Å². The molecule has 0 atom stereocenters. The molecule has 0 radical (unpaired) electrons. The predicted molar refractivity (Wildman–Crippen MR) is 56.0 cm³/mol. The Morgan fingerprint density at radius 3 is 1.92 bits per heavy atom. The van der Waals surface area contributed by atoms with Gasteiger partial charge in [-0.1, -0.05) is 25.5 Å². The Bertz CT molecular complexity index is 181. The van der Waals surface area contributed by atoms with Gasteiger partial charge in [0.15, 0.2) is 0 Å². The van der Waals surface area contributed by atoms with Gasteiger partial charge < -0.3 is 4.90 Å².